The molecule has 1 heterocycles. The fourth-order valence-electron chi connectivity index (χ4n) is 1.32. The lowest BCUT2D eigenvalue weighted by molar-refractivity contribution is -0.120. The number of nitrogens with zero attached hydrogens (tertiary/aromatic N) is 1. The first-order valence-electron chi connectivity index (χ1n) is 4.52. The Hall–Kier alpha value is -0.610. The zero-order chi connectivity index (χ0) is 8.81. The van der Waals surface area contributed by atoms with E-state index in [0.29, 0.717) is 6.54 Å². The molecule has 0 atom stereocenters. The number of amides is 1. The maximum atomic E-state index is 10.9. The van der Waals surface area contributed by atoms with Crippen molar-refractivity contribution in [3.05, 3.63) is 0 Å². The third-order valence-corrected chi connectivity index (χ3v) is 2.10. The summed E-state index contributed by atoms with van der Waals surface area (Å²) >= 11 is 0. The molecule has 4 nitrogen and oxygen atoms in total. The zero-order valence-electron chi connectivity index (χ0n) is 7.60. The van der Waals surface area contributed by atoms with Crippen molar-refractivity contribution in [2.24, 2.45) is 0 Å². The predicted octanol–water partition coefficient (Wildman–Crippen LogP) is -0.277. The van der Waals surface area contributed by atoms with Crippen molar-refractivity contribution >= 4 is 5.91 Å². The molecule has 1 rings (SSSR count). The van der Waals surface area contributed by atoms with Gasteiger partial charge in [-0.3, -0.25) is 4.79 Å². The van der Waals surface area contributed by atoms with Crippen LogP contribution in [0.5, 0.6) is 0 Å². The van der Waals surface area contributed by atoms with Crippen molar-refractivity contribution in [3.63, 3.8) is 0 Å². The Morgan fingerprint density at radius 3 is 2.58 bits per heavy atom. The van der Waals surface area contributed by atoms with E-state index >= 15 is 0 Å². The lowest BCUT2D eigenvalue weighted by Crippen LogP contribution is -2.45. The van der Waals surface area contributed by atoms with Gasteiger partial charge < -0.3 is 5.32 Å². The summed E-state index contributed by atoms with van der Waals surface area (Å²) in [7, 11) is 1.65. The molecule has 4 heteroatoms. The van der Waals surface area contributed by atoms with E-state index in [4.69, 9.17) is 0 Å². The van der Waals surface area contributed by atoms with Crippen LogP contribution in [-0.2, 0) is 4.79 Å². The first-order valence-corrected chi connectivity index (χ1v) is 4.52. The quantitative estimate of drug-likeness (QED) is 0.614. The van der Waals surface area contributed by atoms with Gasteiger partial charge >= 0.3 is 0 Å². The Morgan fingerprint density at radius 2 is 2.00 bits per heavy atom. The fourth-order valence-corrected chi connectivity index (χ4v) is 1.32. The van der Waals surface area contributed by atoms with E-state index in [1.165, 1.54) is 19.3 Å². The van der Waals surface area contributed by atoms with Gasteiger partial charge in [0.15, 0.2) is 0 Å². The van der Waals surface area contributed by atoms with Crippen LogP contribution in [0.4, 0.5) is 0 Å². The molecule has 0 radical (unpaired) electrons. The molecule has 0 spiro atoms. The molecular formula is C8H17N3O. The minimum absolute atomic E-state index is 0.0422. The van der Waals surface area contributed by atoms with Gasteiger partial charge in [0.25, 0.3) is 0 Å². The summed E-state index contributed by atoms with van der Waals surface area (Å²) in [4.78, 5) is 10.9. The van der Waals surface area contributed by atoms with E-state index in [-0.39, 0.29) is 5.91 Å². The van der Waals surface area contributed by atoms with Gasteiger partial charge in [0.2, 0.25) is 5.91 Å². The van der Waals surface area contributed by atoms with E-state index in [9.17, 15) is 4.79 Å². The van der Waals surface area contributed by atoms with Crippen LogP contribution in [0.1, 0.15) is 19.3 Å². The maximum absolute atomic E-state index is 10.9. The number of piperidine rings is 1. The molecule has 0 aromatic heterocycles. The summed E-state index contributed by atoms with van der Waals surface area (Å²) in [5.41, 5.74) is 3.09. The number of nitrogens with one attached hydrogen (secondary N) is 2. The first kappa shape index (κ1) is 9.48. The van der Waals surface area contributed by atoms with E-state index in [1.54, 1.807) is 7.05 Å². The monoisotopic (exact) mass is 171 g/mol. The molecular weight excluding hydrogens is 154 g/mol. The summed E-state index contributed by atoms with van der Waals surface area (Å²) in [5, 5.41) is 4.70. The number of hydrogen-bond donors (Lipinski definition) is 2. The maximum Gasteiger partial charge on any atom is 0.235 e. The lowest BCUT2D eigenvalue weighted by Gasteiger charge is -2.26. The molecule has 2 N–H and O–H groups in total. The Labute approximate surface area is 73.3 Å². The lowest BCUT2D eigenvalue weighted by atomic mass is 10.2. The predicted molar refractivity (Wildman–Crippen MR) is 47.5 cm³/mol. The minimum atomic E-state index is 0.0422. The second kappa shape index (κ2) is 5.11. The van der Waals surface area contributed by atoms with E-state index < -0.39 is 0 Å². The number of hydrazine groups is 1. The number of hydrogen-bond acceptors (Lipinski definition) is 3. The average Bonchev–Trinajstić information content (AvgIpc) is 2.16. The van der Waals surface area contributed by atoms with Gasteiger partial charge in [0.1, 0.15) is 0 Å². The molecule has 0 unspecified atom stereocenters. The second-order valence-electron chi connectivity index (χ2n) is 3.06. The molecule has 0 aromatic rings. The number of carbonyl (C=O) groups is 1. The normalized spacial score (nSPS) is 19.1. The average molecular weight is 171 g/mol. The molecule has 0 aromatic carbocycles. The van der Waals surface area contributed by atoms with Crippen molar-refractivity contribution in [1.82, 2.24) is 15.8 Å². The van der Waals surface area contributed by atoms with Crippen LogP contribution in [0, 0.1) is 0 Å². The molecule has 12 heavy (non-hydrogen) atoms. The van der Waals surface area contributed by atoms with Crippen LogP contribution in [0.3, 0.4) is 0 Å². The summed E-state index contributed by atoms with van der Waals surface area (Å²) in [6.07, 6.45) is 3.79. The van der Waals surface area contributed by atoms with Crippen molar-refractivity contribution in [2.75, 3.05) is 26.7 Å². The van der Waals surface area contributed by atoms with Gasteiger partial charge in [-0.05, 0) is 12.8 Å². The van der Waals surface area contributed by atoms with Crippen LogP contribution in [0.25, 0.3) is 0 Å². The summed E-state index contributed by atoms with van der Waals surface area (Å²) in [5.74, 6) is 0.0422. The zero-order valence-corrected chi connectivity index (χ0v) is 7.60. The molecule has 1 amide bonds. The Kier molecular flexibility index (Phi) is 4.04. The van der Waals surface area contributed by atoms with Gasteiger partial charge in [-0.15, -0.1) is 0 Å². The molecule has 1 aliphatic heterocycles. The van der Waals surface area contributed by atoms with Crippen molar-refractivity contribution in [2.45, 2.75) is 19.3 Å². The molecule has 0 saturated carbocycles. The highest BCUT2D eigenvalue weighted by Crippen LogP contribution is 2.05. The highest BCUT2D eigenvalue weighted by atomic mass is 16.2. The Bertz CT molecular complexity index is 143. The fraction of sp³-hybridized carbons (Fsp3) is 0.875. The third kappa shape index (κ3) is 3.19. The van der Waals surface area contributed by atoms with Crippen molar-refractivity contribution < 1.29 is 4.79 Å². The van der Waals surface area contributed by atoms with Crippen LogP contribution in [0.15, 0.2) is 0 Å². The van der Waals surface area contributed by atoms with Crippen molar-refractivity contribution in [3.8, 4) is 0 Å². The molecule has 70 valence electrons. The Balaban J connectivity index is 2.09. The SMILES string of the molecule is CNC(=O)CNN1CCCCC1. The van der Waals surface area contributed by atoms with Gasteiger partial charge in [0, 0.05) is 20.1 Å². The van der Waals surface area contributed by atoms with Crippen LogP contribution < -0.4 is 10.7 Å². The van der Waals surface area contributed by atoms with Gasteiger partial charge in [0.05, 0.1) is 6.54 Å². The molecule has 0 bridgehead atoms. The largest absolute Gasteiger partial charge is 0.358 e. The summed E-state index contributed by atoms with van der Waals surface area (Å²) in [6.45, 7) is 2.53. The van der Waals surface area contributed by atoms with Gasteiger partial charge in [-0.25, -0.2) is 10.4 Å². The van der Waals surface area contributed by atoms with E-state index in [0.717, 1.165) is 13.1 Å². The number of likely N-dealkylation sites (N-methyl/N-ethyl adjacent to an activating group) is 1. The molecule has 1 fully saturated rings. The first-order chi connectivity index (χ1) is 5.83. The topological polar surface area (TPSA) is 44.4 Å². The molecule has 1 saturated heterocycles. The highest BCUT2D eigenvalue weighted by Gasteiger charge is 2.09. The Morgan fingerprint density at radius 1 is 1.33 bits per heavy atom. The van der Waals surface area contributed by atoms with E-state index in [1.807, 2.05) is 0 Å². The number of rotatable bonds is 3. The third-order valence-electron chi connectivity index (χ3n) is 2.10. The summed E-state index contributed by atoms with van der Waals surface area (Å²) < 4.78 is 0. The van der Waals surface area contributed by atoms with Crippen molar-refractivity contribution in [1.29, 1.82) is 0 Å². The molecule has 0 aliphatic carbocycles. The standard InChI is InChI=1S/C8H17N3O/c1-9-8(12)7-10-11-5-3-2-4-6-11/h10H,2-7H2,1H3,(H,9,12). The van der Waals surface area contributed by atoms with E-state index in [2.05, 4.69) is 15.8 Å². The highest BCUT2D eigenvalue weighted by molar-refractivity contribution is 5.77. The second-order valence-corrected chi connectivity index (χ2v) is 3.06. The summed E-state index contributed by atoms with van der Waals surface area (Å²) in [6, 6.07) is 0. The molecule has 1 aliphatic rings. The van der Waals surface area contributed by atoms with Crippen LogP contribution >= 0.6 is 0 Å². The minimum Gasteiger partial charge on any atom is -0.358 e. The number of carbonyl (C=O) groups excluding carboxylic acids is 1. The van der Waals surface area contributed by atoms with Gasteiger partial charge in [-0.2, -0.15) is 0 Å². The van der Waals surface area contributed by atoms with Crippen LogP contribution in [-0.4, -0.2) is 37.6 Å². The smallest absolute Gasteiger partial charge is 0.235 e. The van der Waals surface area contributed by atoms with Gasteiger partial charge in [-0.1, -0.05) is 6.42 Å². The van der Waals surface area contributed by atoms with Crippen LogP contribution in [0.2, 0.25) is 0 Å².